The molecule has 0 saturated carbocycles. The summed E-state index contributed by atoms with van der Waals surface area (Å²) in [5.74, 6) is 1.11. The highest BCUT2D eigenvalue weighted by Gasteiger charge is 2.16. The maximum atomic E-state index is 11.7. The van der Waals surface area contributed by atoms with Crippen LogP contribution in [0.4, 0.5) is 11.5 Å². The molecule has 0 bridgehead atoms. The lowest BCUT2D eigenvalue weighted by Crippen LogP contribution is -2.36. The van der Waals surface area contributed by atoms with Crippen molar-refractivity contribution in [3.8, 4) is 5.75 Å². The van der Waals surface area contributed by atoms with Gasteiger partial charge in [-0.25, -0.2) is 4.98 Å². The van der Waals surface area contributed by atoms with Gasteiger partial charge in [0.25, 0.3) is 5.91 Å². The first-order valence-corrected chi connectivity index (χ1v) is 8.16. The first-order valence-electron chi connectivity index (χ1n) is 8.16. The molecule has 1 aliphatic rings. The van der Waals surface area contributed by atoms with Crippen LogP contribution in [0.3, 0.4) is 0 Å². The zero-order valence-electron chi connectivity index (χ0n) is 14.2. The van der Waals surface area contributed by atoms with E-state index in [0.717, 1.165) is 30.2 Å². The summed E-state index contributed by atoms with van der Waals surface area (Å²) in [6.07, 6.45) is 1.53. The second-order valence-electron chi connectivity index (χ2n) is 5.75. The Bertz CT molecular complexity index is 728. The van der Waals surface area contributed by atoms with Gasteiger partial charge in [-0.2, -0.15) is 0 Å². The smallest absolute Gasteiger partial charge is 0.252 e. The molecule has 0 aliphatic carbocycles. The number of morpholine rings is 1. The van der Waals surface area contributed by atoms with Crippen LogP contribution >= 0.6 is 0 Å². The molecule has 1 saturated heterocycles. The number of methoxy groups -OCH3 is 1. The van der Waals surface area contributed by atoms with Crippen LogP contribution in [0.1, 0.15) is 15.9 Å². The Labute approximate surface area is 146 Å². The number of benzene rings is 1. The van der Waals surface area contributed by atoms with E-state index in [2.05, 4.69) is 15.2 Å². The maximum Gasteiger partial charge on any atom is 0.252 e. The Hall–Kier alpha value is -2.80. The molecule has 1 aromatic carbocycles. The summed E-state index contributed by atoms with van der Waals surface area (Å²) in [5.41, 5.74) is 7.61. The van der Waals surface area contributed by atoms with Crippen molar-refractivity contribution in [1.82, 2.24) is 4.98 Å². The molecule has 1 aromatic heterocycles. The van der Waals surface area contributed by atoms with Gasteiger partial charge in [-0.1, -0.05) is 12.1 Å². The number of ether oxygens (including phenoxy) is 2. The van der Waals surface area contributed by atoms with Crippen LogP contribution in [0.2, 0.25) is 0 Å². The predicted octanol–water partition coefficient (Wildman–Crippen LogP) is 1.64. The molecular formula is C18H22N4O3. The molecule has 1 amide bonds. The third-order valence-corrected chi connectivity index (χ3v) is 4.13. The number of hydrogen-bond acceptors (Lipinski definition) is 6. The fraction of sp³-hybridized carbons (Fsp3) is 0.333. The minimum Gasteiger partial charge on any atom is -0.497 e. The van der Waals surface area contributed by atoms with Crippen LogP contribution in [0, 0.1) is 0 Å². The molecule has 3 rings (SSSR count). The molecule has 0 unspecified atom stereocenters. The van der Waals surface area contributed by atoms with Gasteiger partial charge in [0.15, 0.2) is 0 Å². The van der Waals surface area contributed by atoms with Gasteiger partial charge in [0.05, 0.1) is 31.6 Å². The zero-order valence-corrected chi connectivity index (χ0v) is 14.2. The van der Waals surface area contributed by atoms with E-state index in [1.54, 1.807) is 7.11 Å². The Kier molecular flexibility index (Phi) is 5.35. The summed E-state index contributed by atoms with van der Waals surface area (Å²) in [4.78, 5) is 18.2. The van der Waals surface area contributed by atoms with Crippen LogP contribution in [-0.2, 0) is 11.3 Å². The quantitative estimate of drug-likeness (QED) is 0.829. The molecular weight excluding hydrogens is 320 g/mol. The zero-order chi connectivity index (χ0) is 17.6. The van der Waals surface area contributed by atoms with E-state index in [-0.39, 0.29) is 0 Å². The molecule has 3 N–H and O–H groups in total. The van der Waals surface area contributed by atoms with E-state index in [9.17, 15) is 4.79 Å². The summed E-state index contributed by atoms with van der Waals surface area (Å²) in [7, 11) is 1.64. The van der Waals surface area contributed by atoms with Crippen molar-refractivity contribution >= 4 is 17.4 Å². The molecule has 2 aromatic rings. The number of nitrogens with one attached hydrogen (secondary N) is 1. The number of aromatic nitrogens is 1. The fourth-order valence-electron chi connectivity index (χ4n) is 2.69. The SMILES string of the molecule is COc1ccc(CNc2cc(N3CCOCC3)ncc2C(N)=O)cc1. The van der Waals surface area contributed by atoms with E-state index in [1.165, 1.54) is 6.20 Å². The molecule has 0 spiro atoms. The molecule has 1 aliphatic heterocycles. The van der Waals surface area contributed by atoms with Crippen LogP contribution in [0.15, 0.2) is 36.5 Å². The highest BCUT2D eigenvalue weighted by atomic mass is 16.5. The van der Waals surface area contributed by atoms with Crippen LogP contribution in [0.5, 0.6) is 5.75 Å². The van der Waals surface area contributed by atoms with Gasteiger partial charge in [0.2, 0.25) is 0 Å². The second kappa shape index (κ2) is 7.85. The molecule has 2 heterocycles. The average Bonchev–Trinajstić information content (AvgIpc) is 2.67. The summed E-state index contributed by atoms with van der Waals surface area (Å²) in [6, 6.07) is 9.62. The number of carbonyl (C=O) groups excluding carboxylic acids is 1. The standard InChI is InChI=1S/C18H22N4O3/c1-24-14-4-2-13(3-5-14)11-20-16-10-17(21-12-15(16)18(19)23)22-6-8-25-9-7-22/h2-5,10,12H,6-9,11H2,1H3,(H2,19,23)(H,20,21). The highest BCUT2D eigenvalue weighted by Crippen LogP contribution is 2.23. The summed E-state index contributed by atoms with van der Waals surface area (Å²) < 4.78 is 10.5. The second-order valence-corrected chi connectivity index (χ2v) is 5.75. The number of anilines is 2. The minimum absolute atomic E-state index is 0.380. The van der Waals surface area contributed by atoms with E-state index in [4.69, 9.17) is 15.2 Å². The third kappa shape index (κ3) is 4.19. The Morgan fingerprint density at radius 1 is 1.32 bits per heavy atom. The Morgan fingerprint density at radius 3 is 2.68 bits per heavy atom. The van der Waals surface area contributed by atoms with Crippen molar-refractivity contribution in [3.63, 3.8) is 0 Å². The lowest BCUT2D eigenvalue weighted by atomic mass is 10.1. The normalized spacial score (nSPS) is 14.2. The molecule has 7 nitrogen and oxygen atoms in total. The van der Waals surface area contributed by atoms with Crippen molar-refractivity contribution in [2.45, 2.75) is 6.54 Å². The van der Waals surface area contributed by atoms with Crippen molar-refractivity contribution in [1.29, 1.82) is 0 Å². The lowest BCUT2D eigenvalue weighted by molar-refractivity contribution is 0.100. The van der Waals surface area contributed by atoms with Crippen molar-refractivity contribution in [3.05, 3.63) is 47.7 Å². The topological polar surface area (TPSA) is 89.7 Å². The van der Waals surface area contributed by atoms with E-state index in [1.807, 2.05) is 30.3 Å². The molecule has 7 heteroatoms. The lowest BCUT2D eigenvalue weighted by Gasteiger charge is -2.28. The molecule has 0 radical (unpaired) electrons. The summed E-state index contributed by atoms with van der Waals surface area (Å²) in [6.45, 7) is 3.47. The number of nitrogens with two attached hydrogens (primary N) is 1. The first-order chi connectivity index (χ1) is 12.2. The van der Waals surface area contributed by atoms with Gasteiger partial charge in [0.1, 0.15) is 11.6 Å². The number of hydrogen-bond donors (Lipinski definition) is 2. The van der Waals surface area contributed by atoms with Crippen LogP contribution in [0.25, 0.3) is 0 Å². The van der Waals surface area contributed by atoms with Gasteiger partial charge in [0, 0.05) is 31.9 Å². The van der Waals surface area contributed by atoms with Crippen LogP contribution in [-0.4, -0.2) is 44.3 Å². The third-order valence-electron chi connectivity index (χ3n) is 4.13. The largest absolute Gasteiger partial charge is 0.497 e. The number of pyridine rings is 1. The summed E-state index contributed by atoms with van der Waals surface area (Å²) in [5, 5.41) is 3.29. The fourth-order valence-corrected chi connectivity index (χ4v) is 2.69. The number of nitrogens with zero attached hydrogens (tertiary/aromatic N) is 2. The monoisotopic (exact) mass is 342 g/mol. The van der Waals surface area contributed by atoms with Gasteiger partial charge in [-0.05, 0) is 17.7 Å². The van der Waals surface area contributed by atoms with Gasteiger partial charge < -0.3 is 25.4 Å². The van der Waals surface area contributed by atoms with Crippen molar-refractivity contribution in [2.24, 2.45) is 5.73 Å². The van der Waals surface area contributed by atoms with Crippen molar-refractivity contribution in [2.75, 3.05) is 43.6 Å². The molecule has 1 fully saturated rings. The summed E-state index contributed by atoms with van der Waals surface area (Å²) >= 11 is 0. The number of rotatable bonds is 6. The highest BCUT2D eigenvalue weighted by molar-refractivity contribution is 5.98. The maximum absolute atomic E-state index is 11.7. The Morgan fingerprint density at radius 2 is 2.04 bits per heavy atom. The first kappa shape index (κ1) is 17.0. The van der Waals surface area contributed by atoms with Gasteiger partial charge in [-0.15, -0.1) is 0 Å². The molecule has 0 atom stereocenters. The Balaban J connectivity index is 1.77. The van der Waals surface area contributed by atoms with Gasteiger partial charge >= 0.3 is 0 Å². The minimum atomic E-state index is -0.502. The predicted molar refractivity (Wildman–Crippen MR) is 96.1 cm³/mol. The number of carbonyl (C=O) groups is 1. The number of amides is 1. The molecule has 25 heavy (non-hydrogen) atoms. The molecule has 132 valence electrons. The van der Waals surface area contributed by atoms with Crippen LogP contribution < -0.4 is 20.7 Å². The van der Waals surface area contributed by atoms with E-state index >= 15 is 0 Å². The van der Waals surface area contributed by atoms with E-state index < -0.39 is 5.91 Å². The van der Waals surface area contributed by atoms with E-state index in [0.29, 0.717) is 31.0 Å². The van der Waals surface area contributed by atoms with Crippen molar-refractivity contribution < 1.29 is 14.3 Å². The number of primary amides is 1. The van der Waals surface area contributed by atoms with Gasteiger partial charge in [-0.3, -0.25) is 4.79 Å². The average molecular weight is 342 g/mol.